The molecule has 0 aliphatic carbocycles. The summed E-state index contributed by atoms with van der Waals surface area (Å²) >= 11 is 0. The Morgan fingerprint density at radius 3 is 2.44 bits per heavy atom. The Bertz CT molecular complexity index is 345. The van der Waals surface area contributed by atoms with Gasteiger partial charge in [0.05, 0.1) is 0 Å². The molecule has 0 fully saturated rings. The molecule has 0 radical (unpaired) electrons. The average Bonchev–Trinajstić information content (AvgIpc) is 2.34. The molecule has 0 atom stereocenters. The highest BCUT2D eigenvalue weighted by Crippen LogP contribution is 2.01. The molecule has 0 saturated heterocycles. The highest BCUT2D eigenvalue weighted by molar-refractivity contribution is 5.87. The van der Waals surface area contributed by atoms with Crippen LogP contribution in [0.3, 0.4) is 0 Å². The zero-order chi connectivity index (χ0) is 11.8. The van der Waals surface area contributed by atoms with Crippen molar-refractivity contribution in [2.45, 2.75) is 6.10 Å². The molecule has 0 saturated carbocycles. The second kappa shape index (κ2) is 6.76. The molecule has 1 aromatic rings. The first kappa shape index (κ1) is 12.4. The molecule has 4 N–H and O–H groups in total. The van der Waals surface area contributed by atoms with E-state index in [1.54, 1.807) is 6.08 Å². The first-order valence-electron chi connectivity index (χ1n) is 5.10. The van der Waals surface area contributed by atoms with Gasteiger partial charge in [-0.15, -0.1) is 0 Å². The van der Waals surface area contributed by atoms with Crippen LogP contribution in [0, 0.1) is 0 Å². The highest BCUT2D eigenvalue weighted by atomic mass is 16.5. The first-order chi connectivity index (χ1) is 7.76. The van der Waals surface area contributed by atoms with Crippen molar-refractivity contribution in [2.24, 2.45) is 11.5 Å². The Morgan fingerprint density at radius 2 is 1.88 bits per heavy atom. The molecule has 0 bridgehead atoms. The molecule has 0 aliphatic rings. The molecule has 1 rings (SSSR count). The van der Waals surface area contributed by atoms with Gasteiger partial charge >= 0.3 is 5.97 Å². The minimum atomic E-state index is -0.426. The lowest BCUT2D eigenvalue weighted by molar-refractivity contribution is -0.142. The van der Waals surface area contributed by atoms with Crippen molar-refractivity contribution in [3.63, 3.8) is 0 Å². The number of esters is 1. The Kier molecular flexibility index (Phi) is 5.25. The number of benzene rings is 1. The Morgan fingerprint density at radius 1 is 1.25 bits per heavy atom. The predicted molar refractivity (Wildman–Crippen MR) is 63.5 cm³/mol. The van der Waals surface area contributed by atoms with Crippen LogP contribution in [0.2, 0.25) is 0 Å². The van der Waals surface area contributed by atoms with E-state index in [9.17, 15) is 4.79 Å². The van der Waals surface area contributed by atoms with E-state index in [2.05, 4.69) is 0 Å². The molecule has 0 amide bonds. The van der Waals surface area contributed by atoms with Crippen molar-refractivity contribution >= 4 is 12.0 Å². The topological polar surface area (TPSA) is 78.3 Å². The van der Waals surface area contributed by atoms with E-state index < -0.39 is 12.1 Å². The van der Waals surface area contributed by atoms with Crippen LogP contribution in [0.25, 0.3) is 6.08 Å². The van der Waals surface area contributed by atoms with E-state index in [-0.39, 0.29) is 13.1 Å². The number of nitrogens with two attached hydrogens (primary N) is 2. The molecule has 4 heteroatoms. The maximum absolute atomic E-state index is 11.3. The van der Waals surface area contributed by atoms with Crippen molar-refractivity contribution in [1.29, 1.82) is 0 Å². The number of carbonyl (C=O) groups is 1. The van der Waals surface area contributed by atoms with Crippen LogP contribution in [-0.4, -0.2) is 25.2 Å². The van der Waals surface area contributed by atoms with Gasteiger partial charge in [0.25, 0.3) is 0 Å². The SMILES string of the molecule is NCC(CN)OC(=O)C=Cc1ccccc1. The van der Waals surface area contributed by atoms with Crippen LogP contribution >= 0.6 is 0 Å². The monoisotopic (exact) mass is 220 g/mol. The average molecular weight is 220 g/mol. The van der Waals surface area contributed by atoms with Crippen molar-refractivity contribution in [3.05, 3.63) is 42.0 Å². The molecule has 0 unspecified atom stereocenters. The smallest absolute Gasteiger partial charge is 0.331 e. The Labute approximate surface area is 94.9 Å². The predicted octanol–water partition coefficient (Wildman–Crippen LogP) is 0.529. The summed E-state index contributed by atoms with van der Waals surface area (Å²) in [6.07, 6.45) is 2.65. The molecule has 86 valence electrons. The number of hydrogen-bond acceptors (Lipinski definition) is 4. The van der Waals surface area contributed by atoms with Crippen LogP contribution in [-0.2, 0) is 9.53 Å². The van der Waals surface area contributed by atoms with Gasteiger partial charge < -0.3 is 16.2 Å². The second-order valence-electron chi connectivity index (χ2n) is 3.27. The summed E-state index contributed by atoms with van der Waals surface area (Å²) < 4.78 is 4.99. The van der Waals surface area contributed by atoms with Crippen LogP contribution in [0.5, 0.6) is 0 Å². The molecule has 1 aromatic carbocycles. The standard InChI is InChI=1S/C12H16N2O2/c13-8-11(9-14)16-12(15)7-6-10-4-2-1-3-5-10/h1-7,11H,8-9,13-14H2. The van der Waals surface area contributed by atoms with Crippen LogP contribution in [0.4, 0.5) is 0 Å². The van der Waals surface area contributed by atoms with E-state index in [0.29, 0.717) is 0 Å². The molecular formula is C12H16N2O2. The van der Waals surface area contributed by atoms with Crippen molar-refractivity contribution < 1.29 is 9.53 Å². The lowest BCUT2D eigenvalue weighted by Gasteiger charge is -2.11. The summed E-state index contributed by atoms with van der Waals surface area (Å²) in [7, 11) is 0. The van der Waals surface area contributed by atoms with E-state index in [4.69, 9.17) is 16.2 Å². The Hall–Kier alpha value is -1.65. The molecule has 16 heavy (non-hydrogen) atoms. The molecular weight excluding hydrogens is 204 g/mol. The maximum atomic E-state index is 11.3. The van der Waals surface area contributed by atoms with Crippen LogP contribution in [0.1, 0.15) is 5.56 Å². The molecule has 0 aliphatic heterocycles. The fourth-order valence-corrected chi connectivity index (χ4v) is 1.12. The summed E-state index contributed by atoms with van der Waals surface area (Å²) in [6, 6.07) is 9.50. The largest absolute Gasteiger partial charge is 0.457 e. The fraction of sp³-hybridized carbons (Fsp3) is 0.250. The summed E-state index contributed by atoms with van der Waals surface area (Å²) in [5, 5.41) is 0. The third-order valence-electron chi connectivity index (χ3n) is 2.02. The van der Waals surface area contributed by atoms with Gasteiger partial charge in [-0.1, -0.05) is 30.3 Å². The third kappa shape index (κ3) is 4.25. The third-order valence-corrected chi connectivity index (χ3v) is 2.02. The normalized spacial score (nSPS) is 10.9. The van der Waals surface area contributed by atoms with Gasteiger partial charge in [-0.3, -0.25) is 0 Å². The van der Waals surface area contributed by atoms with E-state index in [1.165, 1.54) is 6.08 Å². The number of carbonyl (C=O) groups excluding carboxylic acids is 1. The fourth-order valence-electron chi connectivity index (χ4n) is 1.12. The zero-order valence-corrected chi connectivity index (χ0v) is 9.00. The molecule has 0 aromatic heterocycles. The lowest BCUT2D eigenvalue weighted by Crippen LogP contribution is -2.33. The lowest BCUT2D eigenvalue weighted by atomic mass is 10.2. The summed E-state index contributed by atoms with van der Waals surface area (Å²) in [4.78, 5) is 11.3. The van der Waals surface area contributed by atoms with Crippen molar-refractivity contribution in [2.75, 3.05) is 13.1 Å². The van der Waals surface area contributed by atoms with Crippen LogP contribution in [0.15, 0.2) is 36.4 Å². The van der Waals surface area contributed by atoms with Crippen LogP contribution < -0.4 is 11.5 Å². The van der Waals surface area contributed by atoms with E-state index >= 15 is 0 Å². The van der Waals surface area contributed by atoms with E-state index in [0.717, 1.165) is 5.56 Å². The minimum Gasteiger partial charge on any atom is -0.457 e. The molecule has 4 nitrogen and oxygen atoms in total. The van der Waals surface area contributed by atoms with Gasteiger partial charge in [-0.25, -0.2) is 4.79 Å². The quantitative estimate of drug-likeness (QED) is 0.560. The van der Waals surface area contributed by atoms with E-state index in [1.807, 2.05) is 30.3 Å². The molecule has 0 heterocycles. The molecule has 0 spiro atoms. The second-order valence-corrected chi connectivity index (χ2v) is 3.27. The Balaban J connectivity index is 2.48. The number of ether oxygens (including phenoxy) is 1. The van der Waals surface area contributed by atoms with Gasteiger partial charge in [0.15, 0.2) is 0 Å². The number of rotatable bonds is 5. The maximum Gasteiger partial charge on any atom is 0.331 e. The van der Waals surface area contributed by atoms with Gasteiger partial charge in [0.2, 0.25) is 0 Å². The van der Waals surface area contributed by atoms with Crippen molar-refractivity contribution in [1.82, 2.24) is 0 Å². The van der Waals surface area contributed by atoms with Gasteiger partial charge in [0, 0.05) is 19.2 Å². The number of hydrogen-bond donors (Lipinski definition) is 2. The first-order valence-corrected chi connectivity index (χ1v) is 5.10. The summed E-state index contributed by atoms with van der Waals surface area (Å²) in [5.41, 5.74) is 11.7. The van der Waals surface area contributed by atoms with Crippen molar-refractivity contribution in [3.8, 4) is 0 Å². The highest BCUT2D eigenvalue weighted by Gasteiger charge is 2.07. The van der Waals surface area contributed by atoms with Gasteiger partial charge in [-0.05, 0) is 11.6 Å². The summed E-state index contributed by atoms with van der Waals surface area (Å²) in [6.45, 7) is 0.475. The summed E-state index contributed by atoms with van der Waals surface area (Å²) in [5.74, 6) is -0.426. The zero-order valence-electron chi connectivity index (χ0n) is 9.00. The van der Waals surface area contributed by atoms with Gasteiger partial charge in [-0.2, -0.15) is 0 Å². The minimum absolute atomic E-state index is 0.238. The van der Waals surface area contributed by atoms with Gasteiger partial charge in [0.1, 0.15) is 6.10 Å².